The van der Waals surface area contributed by atoms with Gasteiger partial charge in [0.2, 0.25) is 12.1 Å². The molecule has 2 aliphatic rings. The number of hydrogen-bond acceptors (Lipinski definition) is 15. The van der Waals surface area contributed by atoms with Crippen molar-refractivity contribution in [2.75, 3.05) is 19.8 Å². The van der Waals surface area contributed by atoms with Crippen LogP contribution in [0.2, 0.25) is 0 Å². The van der Waals surface area contributed by atoms with E-state index in [1.807, 2.05) is 0 Å². The van der Waals surface area contributed by atoms with Gasteiger partial charge in [0.25, 0.3) is 0 Å². The van der Waals surface area contributed by atoms with E-state index in [-0.39, 0.29) is 18.8 Å². The standard InChI is InChI=1S/C36H62O15/c1-8-23(6)34(44)49-31-30(47-28(42)17-22(4)5)26(19-38)46-35(32(31)45-24(7)40)51-36(20-39)33(29(43)25(18-37)50-36)48-27(41)16-14-12-10-9-11-13-15-21(2)3/h21-23,25-26,29-33,35,37-39,43H,8-20H2,1-7H3/t23?,25-,26-,29-,30-,31+,32-,33+,35-,36+/m1/s1. The second kappa shape index (κ2) is 22.0. The number of hydrogen-bond donors (Lipinski definition) is 4. The lowest BCUT2D eigenvalue weighted by atomic mass is 9.97. The fourth-order valence-corrected chi connectivity index (χ4v) is 6.00. The first-order valence-corrected chi connectivity index (χ1v) is 18.4. The Labute approximate surface area is 301 Å². The lowest BCUT2D eigenvalue weighted by molar-refractivity contribution is -0.384. The molecule has 10 atom stereocenters. The van der Waals surface area contributed by atoms with Gasteiger partial charge in [-0.05, 0) is 24.7 Å². The molecule has 2 saturated heterocycles. The third-order valence-corrected chi connectivity index (χ3v) is 9.04. The van der Waals surface area contributed by atoms with Crippen LogP contribution >= 0.6 is 0 Å². The highest BCUT2D eigenvalue weighted by Gasteiger charge is 2.62. The third kappa shape index (κ3) is 13.5. The predicted octanol–water partition coefficient (Wildman–Crippen LogP) is 2.70. The Morgan fingerprint density at radius 1 is 0.745 bits per heavy atom. The summed E-state index contributed by atoms with van der Waals surface area (Å²) in [5.74, 6) is -5.46. The van der Waals surface area contributed by atoms with Crippen LogP contribution in [-0.2, 0) is 52.3 Å². The molecule has 0 saturated carbocycles. The molecule has 1 unspecified atom stereocenters. The van der Waals surface area contributed by atoms with E-state index in [1.54, 1.807) is 27.7 Å². The van der Waals surface area contributed by atoms with E-state index in [0.29, 0.717) is 18.8 Å². The summed E-state index contributed by atoms with van der Waals surface area (Å²) in [6.07, 6.45) is -5.60. The fourth-order valence-electron chi connectivity index (χ4n) is 6.00. The van der Waals surface area contributed by atoms with Crippen molar-refractivity contribution in [1.82, 2.24) is 0 Å². The number of esters is 4. The van der Waals surface area contributed by atoms with Crippen LogP contribution in [0, 0.1) is 17.8 Å². The average Bonchev–Trinajstić information content (AvgIpc) is 3.33. The van der Waals surface area contributed by atoms with Crippen LogP contribution < -0.4 is 0 Å². The summed E-state index contributed by atoms with van der Waals surface area (Å²) in [6.45, 7) is 9.81. The van der Waals surface area contributed by atoms with E-state index < -0.39 is 104 Å². The zero-order valence-corrected chi connectivity index (χ0v) is 31.3. The Bertz CT molecular complexity index is 1080. The first kappa shape index (κ1) is 44.8. The molecular formula is C36H62O15. The molecular weight excluding hydrogens is 672 g/mol. The molecule has 2 rings (SSSR count). The van der Waals surface area contributed by atoms with Gasteiger partial charge in [0.15, 0.2) is 24.4 Å². The van der Waals surface area contributed by atoms with Crippen molar-refractivity contribution in [2.45, 2.75) is 167 Å². The van der Waals surface area contributed by atoms with Gasteiger partial charge in [-0.3, -0.25) is 19.2 Å². The quantitative estimate of drug-likeness (QED) is 0.0715. The van der Waals surface area contributed by atoms with Crippen LogP contribution in [0.3, 0.4) is 0 Å². The van der Waals surface area contributed by atoms with Gasteiger partial charge in [-0.25, -0.2) is 0 Å². The van der Waals surface area contributed by atoms with Crippen LogP contribution in [-0.4, -0.2) is 119 Å². The minimum atomic E-state index is -2.38. The Balaban J connectivity index is 2.37. The third-order valence-electron chi connectivity index (χ3n) is 9.04. The maximum atomic E-state index is 13.1. The molecule has 0 aromatic rings. The molecule has 0 bridgehead atoms. The van der Waals surface area contributed by atoms with Crippen molar-refractivity contribution < 1.29 is 72.8 Å². The molecule has 0 radical (unpaired) electrons. The highest BCUT2D eigenvalue weighted by Crippen LogP contribution is 2.40. The highest BCUT2D eigenvalue weighted by molar-refractivity contribution is 5.73. The Kier molecular flexibility index (Phi) is 19.3. The number of carbonyl (C=O) groups excluding carboxylic acids is 4. The summed E-state index contributed by atoms with van der Waals surface area (Å²) in [6, 6.07) is 0. The van der Waals surface area contributed by atoms with Crippen molar-refractivity contribution in [3.63, 3.8) is 0 Å². The van der Waals surface area contributed by atoms with E-state index in [2.05, 4.69) is 13.8 Å². The summed E-state index contributed by atoms with van der Waals surface area (Å²) in [5.41, 5.74) is 0. The number of rotatable bonds is 22. The lowest BCUT2D eigenvalue weighted by Gasteiger charge is -2.46. The molecule has 0 aromatic heterocycles. The van der Waals surface area contributed by atoms with Crippen LogP contribution in [0.1, 0.15) is 113 Å². The largest absolute Gasteiger partial charge is 0.455 e. The number of aliphatic hydroxyl groups excluding tert-OH is 4. The van der Waals surface area contributed by atoms with Gasteiger partial charge in [-0.2, -0.15) is 0 Å². The Hall–Kier alpha value is -2.40. The summed E-state index contributed by atoms with van der Waals surface area (Å²) < 4.78 is 40.4. The molecule has 0 aromatic carbocycles. The second-order valence-electron chi connectivity index (χ2n) is 14.4. The summed E-state index contributed by atoms with van der Waals surface area (Å²) in [4.78, 5) is 51.4. The molecule has 0 spiro atoms. The fraction of sp³-hybridized carbons (Fsp3) is 0.889. The molecule has 296 valence electrons. The summed E-state index contributed by atoms with van der Waals surface area (Å²) >= 11 is 0. The van der Waals surface area contributed by atoms with Crippen LogP contribution in [0.25, 0.3) is 0 Å². The maximum absolute atomic E-state index is 13.1. The number of aliphatic hydroxyl groups is 4. The second-order valence-corrected chi connectivity index (χ2v) is 14.4. The van der Waals surface area contributed by atoms with Gasteiger partial charge in [-0.1, -0.05) is 80.1 Å². The normalized spacial score (nSPS) is 29.9. The van der Waals surface area contributed by atoms with Crippen molar-refractivity contribution in [3.8, 4) is 0 Å². The van der Waals surface area contributed by atoms with Crippen molar-refractivity contribution in [1.29, 1.82) is 0 Å². The van der Waals surface area contributed by atoms with Gasteiger partial charge in [0.05, 0.1) is 19.1 Å². The smallest absolute Gasteiger partial charge is 0.309 e. The SMILES string of the molecule is CCC(C)C(=O)O[C@@H]1[C@@H](OC(C)=O)[C@@H](O[C@]2(CO)O[C@H](CO)[C@@H](O)[C@@H]2OC(=O)CCCCCCCCC(C)C)O[C@H](CO)[C@H]1OC(=O)CC(C)C. The molecule has 15 heteroatoms. The molecule has 0 amide bonds. The van der Waals surface area contributed by atoms with E-state index in [1.165, 1.54) is 6.42 Å². The zero-order valence-electron chi connectivity index (χ0n) is 31.3. The molecule has 4 N–H and O–H groups in total. The monoisotopic (exact) mass is 734 g/mol. The maximum Gasteiger partial charge on any atom is 0.309 e. The minimum Gasteiger partial charge on any atom is -0.455 e. The van der Waals surface area contributed by atoms with E-state index in [4.69, 9.17) is 33.2 Å². The van der Waals surface area contributed by atoms with Crippen LogP contribution in [0.5, 0.6) is 0 Å². The van der Waals surface area contributed by atoms with Crippen molar-refractivity contribution >= 4 is 23.9 Å². The predicted molar refractivity (Wildman–Crippen MR) is 180 cm³/mol. The molecule has 2 aliphatic heterocycles. The lowest BCUT2D eigenvalue weighted by Crippen LogP contribution is -2.65. The van der Waals surface area contributed by atoms with E-state index in [0.717, 1.165) is 39.0 Å². The van der Waals surface area contributed by atoms with Gasteiger partial charge < -0.3 is 53.6 Å². The molecule has 2 fully saturated rings. The van der Waals surface area contributed by atoms with E-state index >= 15 is 0 Å². The average molecular weight is 735 g/mol. The van der Waals surface area contributed by atoms with Crippen molar-refractivity contribution in [2.24, 2.45) is 17.8 Å². The number of unbranched alkanes of at least 4 members (excludes halogenated alkanes) is 5. The highest BCUT2D eigenvalue weighted by atomic mass is 16.8. The minimum absolute atomic E-state index is 0.000164. The summed E-state index contributed by atoms with van der Waals surface area (Å²) in [7, 11) is 0. The zero-order chi connectivity index (χ0) is 38.3. The summed E-state index contributed by atoms with van der Waals surface area (Å²) in [5, 5.41) is 42.1. The Morgan fingerprint density at radius 2 is 1.37 bits per heavy atom. The molecule has 15 nitrogen and oxygen atoms in total. The molecule has 0 aliphatic carbocycles. The number of carbonyl (C=O) groups is 4. The van der Waals surface area contributed by atoms with Gasteiger partial charge in [0.1, 0.15) is 24.9 Å². The topological polar surface area (TPSA) is 214 Å². The molecule has 51 heavy (non-hydrogen) atoms. The van der Waals surface area contributed by atoms with Gasteiger partial charge >= 0.3 is 23.9 Å². The van der Waals surface area contributed by atoms with Crippen LogP contribution in [0.4, 0.5) is 0 Å². The van der Waals surface area contributed by atoms with Crippen molar-refractivity contribution in [3.05, 3.63) is 0 Å². The Morgan fingerprint density at radius 3 is 1.92 bits per heavy atom. The first-order chi connectivity index (χ1) is 24.1. The van der Waals surface area contributed by atoms with Gasteiger partial charge in [-0.15, -0.1) is 0 Å². The molecule has 2 heterocycles. The first-order valence-electron chi connectivity index (χ1n) is 18.4. The van der Waals surface area contributed by atoms with E-state index in [9.17, 15) is 39.6 Å². The number of ether oxygens (including phenoxy) is 7. The van der Waals surface area contributed by atoms with Gasteiger partial charge in [0, 0.05) is 19.8 Å². The van der Waals surface area contributed by atoms with Crippen LogP contribution in [0.15, 0.2) is 0 Å².